The molecule has 0 aliphatic heterocycles. The SMILES string of the molecule is O=C(OCCCBr)c1cc([N+](=O)[O-])[nH]n1. The number of aromatic amines is 1. The largest absolute Gasteiger partial charge is 0.461 e. The molecule has 0 bridgehead atoms. The Hall–Kier alpha value is -1.44. The normalized spacial score (nSPS) is 9.93. The molecule has 0 amide bonds. The molecule has 0 spiro atoms. The fraction of sp³-hybridized carbons (Fsp3) is 0.429. The van der Waals surface area contributed by atoms with E-state index in [1.54, 1.807) is 0 Å². The summed E-state index contributed by atoms with van der Waals surface area (Å²) in [5.41, 5.74) is -0.0868. The van der Waals surface area contributed by atoms with Gasteiger partial charge in [0.05, 0.1) is 12.7 Å². The van der Waals surface area contributed by atoms with E-state index in [2.05, 4.69) is 26.1 Å². The van der Waals surface area contributed by atoms with Crippen molar-refractivity contribution in [1.82, 2.24) is 10.2 Å². The van der Waals surface area contributed by atoms with Crippen molar-refractivity contribution < 1.29 is 14.5 Å². The van der Waals surface area contributed by atoms with Crippen LogP contribution in [0.25, 0.3) is 0 Å². The lowest BCUT2D eigenvalue weighted by molar-refractivity contribution is -0.389. The molecule has 0 saturated carbocycles. The second kappa shape index (κ2) is 5.44. The van der Waals surface area contributed by atoms with Gasteiger partial charge in [0.15, 0.2) is 5.69 Å². The maximum Gasteiger partial charge on any atom is 0.361 e. The van der Waals surface area contributed by atoms with Gasteiger partial charge in [0.2, 0.25) is 0 Å². The fourth-order valence-electron chi connectivity index (χ4n) is 0.803. The maximum absolute atomic E-state index is 11.2. The molecule has 0 aliphatic rings. The average molecular weight is 278 g/mol. The predicted molar refractivity (Wildman–Crippen MR) is 53.9 cm³/mol. The van der Waals surface area contributed by atoms with Crippen molar-refractivity contribution in [2.24, 2.45) is 0 Å². The first-order valence-corrected chi connectivity index (χ1v) is 5.20. The highest BCUT2D eigenvalue weighted by Crippen LogP contribution is 2.08. The number of alkyl halides is 1. The van der Waals surface area contributed by atoms with Gasteiger partial charge in [0, 0.05) is 5.33 Å². The Labute approximate surface area is 93.1 Å². The van der Waals surface area contributed by atoms with Gasteiger partial charge in [-0.3, -0.25) is 0 Å². The summed E-state index contributed by atoms with van der Waals surface area (Å²) in [5.74, 6) is -0.997. The number of nitrogens with one attached hydrogen (secondary N) is 1. The van der Waals surface area contributed by atoms with Crippen molar-refractivity contribution in [3.8, 4) is 0 Å². The monoisotopic (exact) mass is 277 g/mol. The Balaban J connectivity index is 2.54. The van der Waals surface area contributed by atoms with Gasteiger partial charge in [-0.25, -0.2) is 4.79 Å². The van der Waals surface area contributed by atoms with Crippen LogP contribution >= 0.6 is 15.9 Å². The zero-order valence-corrected chi connectivity index (χ0v) is 9.19. The highest BCUT2D eigenvalue weighted by Gasteiger charge is 2.17. The first kappa shape index (κ1) is 11.6. The van der Waals surface area contributed by atoms with Crippen molar-refractivity contribution in [3.05, 3.63) is 21.9 Å². The van der Waals surface area contributed by atoms with E-state index in [0.29, 0.717) is 6.42 Å². The van der Waals surface area contributed by atoms with Gasteiger partial charge in [0.25, 0.3) is 0 Å². The summed E-state index contributed by atoms with van der Waals surface area (Å²) < 4.78 is 4.79. The van der Waals surface area contributed by atoms with Crippen LogP contribution in [-0.4, -0.2) is 33.0 Å². The molecule has 0 fully saturated rings. The zero-order chi connectivity index (χ0) is 11.3. The molecule has 0 radical (unpaired) electrons. The van der Waals surface area contributed by atoms with E-state index in [0.717, 1.165) is 11.4 Å². The molecule has 7 nitrogen and oxygen atoms in total. The molecular formula is C7H8BrN3O4. The summed E-state index contributed by atoms with van der Waals surface area (Å²) in [6.07, 6.45) is 0.679. The van der Waals surface area contributed by atoms with Crippen LogP contribution in [0.4, 0.5) is 5.82 Å². The van der Waals surface area contributed by atoms with E-state index in [1.807, 2.05) is 0 Å². The van der Waals surface area contributed by atoms with E-state index in [1.165, 1.54) is 0 Å². The second-order valence-corrected chi connectivity index (χ2v) is 3.37. The predicted octanol–water partition coefficient (Wildman–Crippen LogP) is 1.26. The number of nitrogens with zero attached hydrogens (tertiary/aromatic N) is 2. The minimum absolute atomic E-state index is 0.0868. The van der Waals surface area contributed by atoms with E-state index in [9.17, 15) is 14.9 Å². The first-order valence-electron chi connectivity index (χ1n) is 4.08. The van der Waals surface area contributed by atoms with Crippen molar-refractivity contribution >= 4 is 27.7 Å². The lowest BCUT2D eigenvalue weighted by Crippen LogP contribution is -2.07. The minimum atomic E-state index is -0.666. The van der Waals surface area contributed by atoms with E-state index in [-0.39, 0.29) is 18.1 Å². The Morgan fingerprint density at radius 3 is 3.00 bits per heavy atom. The third-order valence-corrected chi connectivity index (χ3v) is 2.04. The number of halogens is 1. The number of esters is 1. The molecule has 82 valence electrons. The maximum atomic E-state index is 11.2. The van der Waals surface area contributed by atoms with Crippen molar-refractivity contribution in [2.45, 2.75) is 6.42 Å². The summed E-state index contributed by atoms with van der Waals surface area (Å²) in [7, 11) is 0. The molecule has 1 aromatic heterocycles. The minimum Gasteiger partial charge on any atom is -0.461 e. The molecule has 0 atom stereocenters. The van der Waals surface area contributed by atoms with Gasteiger partial charge in [-0.05, 0) is 11.3 Å². The highest BCUT2D eigenvalue weighted by atomic mass is 79.9. The molecule has 1 heterocycles. The topological polar surface area (TPSA) is 98.1 Å². The third kappa shape index (κ3) is 3.31. The molecule has 0 aromatic carbocycles. The van der Waals surface area contributed by atoms with Crippen molar-refractivity contribution in [2.75, 3.05) is 11.9 Å². The van der Waals surface area contributed by atoms with Gasteiger partial charge >= 0.3 is 11.8 Å². The fourth-order valence-corrected chi connectivity index (χ4v) is 1.03. The first-order chi connectivity index (χ1) is 7.15. The summed E-state index contributed by atoms with van der Waals surface area (Å²) in [5, 5.41) is 16.6. The number of carbonyl (C=O) groups is 1. The zero-order valence-electron chi connectivity index (χ0n) is 7.60. The number of rotatable bonds is 5. The van der Waals surface area contributed by atoms with Crippen LogP contribution in [0, 0.1) is 10.1 Å². The molecule has 15 heavy (non-hydrogen) atoms. The van der Waals surface area contributed by atoms with Gasteiger partial charge in [-0.2, -0.15) is 0 Å². The second-order valence-electron chi connectivity index (χ2n) is 2.57. The Morgan fingerprint density at radius 2 is 2.47 bits per heavy atom. The van der Waals surface area contributed by atoms with Gasteiger partial charge < -0.3 is 14.9 Å². The highest BCUT2D eigenvalue weighted by molar-refractivity contribution is 9.09. The lowest BCUT2D eigenvalue weighted by atomic mass is 10.4. The number of carbonyl (C=O) groups excluding carboxylic acids is 1. The summed E-state index contributed by atoms with van der Waals surface area (Å²) in [6.45, 7) is 0.255. The average Bonchev–Trinajstić information content (AvgIpc) is 2.66. The summed E-state index contributed by atoms with van der Waals surface area (Å²) in [6, 6.07) is 1.04. The van der Waals surface area contributed by atoms with Crippen LogP contribution in [-0.2, 0) is 4.74 Å². The summed E-state index contributed by atoms with van der Waals surface area (Å²) in [4.78, 5) is 20.8. The van der Waals surface area contributed by atoms with E-state index < -0.39 is 10.9 Å². The molecular weight excluding hydrogens is 270 g/mol. The van der Waals surface area contributed by atoms with Gasteiger partial charge in [-0.15, -0.1) is 5.10 Å². The number of nitro groups is 1. The molecule has 8 heteroatoms. The number of hydrogen-bond donors (Lipinski definition) is 1. The van der Waals surface area contributed by atoms with Crippen molar-refractivity contribution in [3.63, 3.8) is 0 Å². The van der Waals surface area contributed by atoms with Gasteiger partial charge in [-0.1, -0.05) is 21.0 Å². The van der Waals surface area contributed by atoms with Crippen LogP contribution in [0.2, 0.25) is 0 Å². The summed E-state index contributed by atoms with van der Waals surface area (Å²) >= 11 is 3.18. The molecule has 0 saturated heterocycles. The Bertz CT molecular complexity index is 365. The molecule has 1 aromatic rings. The van der Waals surface area contributed by atoms with Crippen LogP contribution in [0.15, 0.2) is 6.07 Å². The number of H-pyrrole nitrogens is 1. The van der Waals surface area contributed by atoms with Gasteiger partial charge in [0.1, 0.15) is 0 Å². The van der Waals surface area contributed by atoms with Crippen molar-refractivity contribution in [1.29, 1.82) is 0 Å². The number of ether oxygens (including phenoxy) is 1. The number of hydrogen-bond acceptors (Lipinski definition) is 5. The number of aromatic nitrogens is 2. The molecule has 0 aliphatic carbocycles. The van der Waals surface area contributed by atoms with E-state index >= 15 is 0 Å². The van der Waals surface area contributed by atoms with Crippen LogP contribution in [0.5, 0.6) is 0 Å². The van der Waals surface area contributed by atoms with Crippen LogP contribution in [0.3, 0.4) is 0 Å². The smallest absolute Gasteiger partial charge is 0.361 e. The molecule has 1 N–H and O–H groups in total. The molecule has 1 rings (SSSR count). The standard InChI is InChI=1S/C7H8BrN3O4/c8-2-1-3-15-7(12)5-4-6(10-9-5)11(13)14/h4H,1-3H2,(H,9,10). The quantitative estimate of drug-likeness (QED) is 0.287. The Kier molecular flexibility index (Phi) is 4.22. The Morgan fingerprint density at radius 1 is 1.73 bits per heavy atom. The third-order valence-electron chi connectivity index (χ3n) is 1.48. The van der Waals surface area contributed by atoms with Crippen LogP contribution in [0.1, 0.15) is 16.9 Å². The molecule has 0 unspecified atom stereocenters. The lowest BCUT2D eigenvalue weighted by Gasteiger charge is -1.98. The van der Waals surface area contributed by atoms with Crippen LogP contribution < -0.4 is 0 Å². The van der Waals surface area contributed by atoms with E-state index in [4.69, 9.17) is 4.74 Å².